The van der Waals surface area contributed by atoms with Crippen LogP contribution in [0.1, 0.15) is 13.8 Å². The number of carbonyl (C=O) groups is 2. The van der Waals surface area contributed by atoms with Gasteiger partial charge in [0.15, 0.2) is 18.9 Å². The highest BCUT2D eigenvalue weighted by atomic mass is 32.2. The number of hydrogen-bond acceptors (Lipinski definition) is 5. The first-order valence-corrected chi connectivity index (χ1v) is 9.93. The van der Waals surface area contributed by atoms with Crippen molar-refractivity contribution in [3.05, 3.63) is 35.8 Å². The number of hydrogen-bond donors (Lipinski definition) is 2. The SMILES string of the molecule is COCC[n+]1ccc(SCC2=C(C(=O)O)N3C(=O)[C@H]([C@@H](C)O)[C@H]3[C@H]2C)cc1. The number of amides is 1. The second-order valence-corrected chi connectivity index (χ2v) is 8.03. The first-order chi connectivity index (χ1) is 12.9. The molecule has 0 unspecified atom stereocenters. The van der Waals surface area contributed by atoms with Gasteiger partial charge in [-0.25, -0.2) is 9.36 Å². The maximum Gasteiger partial charge on any atom is 0.352 e. The predicted octanol–water partition coefficient (Wildman–Crippen LogP) is 0.909. The first-order valence-electron chi connectivity index (χ1n) is 8.95. The number of aliphatic hydroxyl groups excluding tert-OH is 1. The van der Waals surface area contributed by atoms with E-state index >= 15 is 0 Å². The van der Waals surface area contributed by atoms with Gasteiger partial charge in [0.25, 0.3) is 0 Å². The average Bonchev–Trinajstić information content (AvgIpc) is 2.87. The van der Waals surface area contributed by atoms with Gasteiger partial charge in [0.05, 0.1) is 18.1 Å². The standard InChI is InChI=1S/C19H24N2O5S/c1-11-14(10-27-13-4-6-20(7-5-13)8-9-26-3)17(19(24)25)21-16(11)15(12(2)22)18(21)23/h4-7,11-12,15-16,22H,8-10H2,1-3H3/p+1/t11-,12+,15+,16+/m0/s1. The van der Waals surface area contributed by atoms with Crippen LogP contribution in [0.15, 0.2) is 40.7 Å². The van der Waals surface area contributed by atoms with E-state index < -0.39 is 18.0 Å². The summed E-state index contributed by atoms with van der Waals surface area (Å²) in [7, 11) is 1.66. The molecule has 0 saturated carbocycles. The zero-order chi connectivity index (χ0) is 19.7. The Morgan fingerprint density at radius 1 is 1.41 bits per heavy atom. The summed E-state index contributed by atoms with van der Waals surface area (Å²) in [6.45, 7) is 4.93. The molecule has 1 saturated heterocycles. The highest BCUT2D eigenvalue weighted by Gasteiger charge is 2.59. The van der Waals surface area contributed by atoms with Crippen LogP contribution in [0.5, 0.6) is 0 Å². The largest absolute Gasteiger partial charge is 0.477 e. The van der Waals surface area contributed by atoms with E-state index in [0.29, 0.717) is 12.4 Å². The Kier molecular flexibility index (Phi) is 5.88. The van der Waals surface area contributed by atoms with Gasteiger partial charge in [-0.05, 0) is 12.5 Å². The van der Waals surface area contributed by atoms with Crippen LogP contribution in [-0.2, 0) is 20.9 Å². The minimum Gasteiger partial charge on any atom is -0.477 e. The Labute approximate surface area is 162 Å². The van der Waals surface area contributed by atoms with Crippen molar-refractivity contribution in [3.63, 3.8) is 0 Å². The fraction of sp³-hybridized carbons (Fsp3) is 0.526. The highest BCUT2D eigenvalue weighted by Crippen LogP contribution is 2.48. The van der Waals surface area contributed by atoms with E-state index in [9.17, 15) is 19.8 Å². The van der Waals surface area contributed by atoms with E-state index in [1.54, 1.807) is 25.8 Å². The normalized spacial score (nSPS) is 25.4. The smallest absolute Gasteiger partial charge is 0.352 e. The van der Waals surface area contributed by atoms with E-state index in [2.05, 4.69) is 0 Å². The van der Waals surface area contributed by atoms with E-state index in [4.69, 9.17) is 4.74 Å². The summed E-state index contributed by atoms with van der Waals surface area (Å²) in [5.74, 6) is -1.48. The molecule has 3 rings (SSSR count). The fourth-order valence-electron chi connectivity index (χ4n) is 3.88. The Hall–Kier alpha value is -1.90. The molecule has 4 atom stereocenters. The number of aromatic nitrogens is 1. The lowest BCUT2D eigenvalue weighted by molar-refractivity contribution is -0.698. The molecule has 7 nitrogen and oxygen atoms in total. The van der Waals surface area contributed by atoms with E-state index in [0.717, 1.165) is 17.0 Å². The van der Waals surface area contributed by atoms with E-state index in [1.165, 1.54) is 4.90 Å². The van der Waals surface area contributed by atoms with Crippen LogP contribution < -0.4 is 4.57 Å². The number of ether oxygens (including phenoxy) is 1. The minimum atomic E-state index is -1.08. The number of fused-ring (bicyclic) bond motifs is 1. The van der Waals surface area contributed by atoms with Crippen LogP contribution >= 0.6 is 11.8 Å². The lowest BCUT2D eigenvalue weighted by Crippen LogP contribution is -2.63. The molecule has 0 spiro atoms. The number of rotatable bonds is 8. The Morgan fingerprint density at radius 2 is 2.07 bits per heavy atom. The van der Waals surface area contributed by atoms with Crippen LogP contribution in [0, 0.1) is 11.8 Å². The van der Waals surface area contributed by atoms with Crippen molar-refractivity contribution in [1.29, 1.82) is 0 Å². The maximum absolute atomic E-state index is 12.3. The third-order valence-corrected chi connectivity index (χ3v) is 6.39. The quantitative estimate of drug-likeness (QED) is 0.388. The number of pyridine rings is 1. The van der Waals surface area contributed by atoms with Crippen molar-refractivity contribution in [2.75, 3.05) is 19.5 Å². The van der Waals surface area contributed by atoms with Crippen LogP contribution in [-0.4, -0.2) is 58.6 Å². The van der Waals surface area contributed by atoms with E-state index in [-0.39, 0.29) is 23.6 Å². The van der Waals surface area contributed by atoms with Crippen LogP contribution in [0.4, 0.5) is 0 Å². The molecular formula is C19H25N2O5S+. The maximum atomic E-state index is 12.3. The molecule has 1 aromatic heterocycles. The molecule has 0 aromatic carbocycles. The number of aliphatic carboxylic acids is 1. The van der Waals surface area contributed by atoms with Crippen molar-refractivity contribution in [2.24, 2.45) is 11.8 Å². The summed E-state index contributed by atoms with van der Waals surface area (Å²) in [5.41, 5.74) is 0.845. The predicted molar refractivity (Wildman–Crippen MR) is 98.9 cm³/mol. The molecule has 1 fully saturated rings. The Bertz CT molecular complexity index is 762. The molecular weight excluding hydrogens is 368 g/mol. The van der Waals surface area contributed by atoms with Crippen molar-refractivity contribution in [3.8, 4) is 0 Å². The topological polar surface area (TPSA) is 91.0 Å². The molecule has 3 heterocycles. The number of aliphatic hydroxyl groups is 1. The van der Waals surface area contributed by atoms with Gasteiger partial charge in [0, 0.05) is 35.8 Å². The van der Waals surface area contributed by atoms with Crippen molar-refractivity contribution in [2.45, 2.75) is 37.4 Å². The average molecular weight is 393 g/mol. The van der Waals surface area contributed by atoms with Gasteiger partial charge in [0.2, 0.25) is 5.91 Å². The number of thioether (sulfide) groups is 1. The number of nitrogens with zero attached hydrogens (tertiary/aromatic N) is 2. The van der Waals surface area contributed by atoms with Crippen molar-refractivity contribution in [1.82, 2.24) is 4.90 Å². The van der Waals surface area contributed by atoms with Gasteiger partial charge < -0.3 is 19.8 Å². The second-order valence-electron chi connectivity index (χ2n) is 6.99. The Balaban J connectivity index is 1.73. The van der Waals surface area contributed by atoms with Crippen molar-refractivity contribution < 1.29 is 29.1 Å². The molecule has 0 bridgehead atoms. The molecule has 8 heteroatoms. The van der Waals surface area contributed by atoms with Crippen LogP contribution in [0.3, 0.4) is 0 Å². The summed E-state index contributed by atoms with van der Waals surface area (Å²) < 4.78 is 7.08. The number of β-lactam (4-membered cyclic amide) rings is 1. The van der Waals surface area contributed by atoms with Gasteiger partial charge in [-0.2, -0.15) is 0 Å². The molecule has 146 valence electrons. The summed E-state index contributed by atoms with van der Waals surface area (Å²) in [6.07, 6.45) is 3.15. The second kappa shape index (κ2) is 8.00. The van der Waals surface area contributed by atoms with Gasteiger partial charge in [0.1, 0.15) is 12.3 Å². The van der Waals surface area contributed by atoms with Crippen LogP contribution in [0.25, 0.3) is 0 Å². The third kappa shape index (κ3) is 3.61. The highest BCUT2D eigenvalue weighted by molar-refractivity contribution is 7.99. The summed E-state index contributed by atoms with van der Waals surface area (Å²) in [4.78, 5) is 26.5. The summed E-state index contributed by atoms with van der Waals surface area (Å²) in [6, 6.07) is 3.71. The van der Waals surface area contributed by atoms with E-state index in [1.807, 2.05) is 36.0 Å². The minimum absolute atomic E-state index is 0.0868. The molecule has 0 radical (unpaired) electrons. The van der Waals surface area contributed by atoms with Gasteiger partial charge in [-0.15, -0.1) is 11.8 Å². The number of carboxylic acids is 1. The molecule has 27 heavy (non-hydrogen) atoms. The van der Waals surface area contributed by atoms with Gasteiger partial charge in [-0.1, -0.05) is 6.92 Å². The molecule has 2 aliphatic rings. The summed E-state index contributed by atoms with van der Waals surface area (Å²) in [5, 5.41) is 19.5. The van der Waals surface area contributed by atoms with Gasteiger partial charge >= 0.3 is 5.97 Å². The fourth-order valence-corrected chi connectivity index (χ4v) is 4.92. The monoisotopic (exact) mass is 393 g/mol. The number of carbonyl (C=O) groups excluding carboxylic acids is 1. The first kappa shape index (κ1) is 19.9. The van der Waals surface area contributed by atoms with Crippen LogP contribution in [0.2, 0.25) is 0 Å². The van der Waals surface area contributed by atoms with Gasteiger partial charge in [-0.3, -0.25) is 4.79 Å². The third-order valence-electron chi connectivity index (χ3n) is 5.33. The Morgan fingerprint density at radius 3 is 2.63 bits per heavy atom. The molecule has 2 N–H and O–H groups in total. The summed E-state index contributed by atoms with van der Waals surface area (Å²) >= 11 is 1.55. The van der Waals surface area contributed by atoms with Crippen molar-refractivity contribution >= 4 is 23.6 Å². The molecule has 2 aliphatic heterocycles. The lowest BCUT2D eigenvalue weighted by atomic mass is 9.78. The molecule has 0 aliphatic carbocycles. The molecule has 1 aromatic rings. The number of carboxylic acid groups (broad SMARTS) is 1. The lowest BCUT2D eigenvalue weighted by Gasteiger charge is -2.46. The molecule has 1 amide bonds. The zero-order valence-corrected chi connectivity index (χ0v) is 16.5. The number of methoxy groups -OCH3 is 1. The zero-order valence-electron chi connectivity index (χ0n) is 15.7.